The fourth-order valence-electron chi connectivity index (χ4n) is 4.77. The molecule has 1 saturated heterocycles. The van der Waals surface area contributed by atoms with Gasteiger partial charge in [0.25, 0.3) is 0 Å². The quantitative estimate of drug-likeness (QED) is 0.582. The molecule has 170 valence electrons. The van der Waals surface area contributed by atoms with Gasteiger partial charge in [0.2, 0.25) is 11.8 Å². The van der Waals surface area contributed by atoms with Crippen LogP contribution in [0.15, 0.2) is 72.8 Å². The van der Waals surface area contributed by atoms with Crippen LogP contribution in [0.2, 0.25) is 0 Å². The molecule has 0 radical (unpaired) electrons. The molecule has 1 unspecified atom stereocenters. The second-order valence-electron chi connectivity index (χ2n) is 8.07. The van der Waals surface area contributed by atoms with Crippen LogP contribution in [0.4, 0.5) is 13.2 Å². The predicted octanol–water partition coefficient (Wildman–Crippen LogP) is 4.40. The van der Waals surface area contributed by atoms with Crippen LogP contribution >= 0.6 is 0 Å². The highest BCUT2D eigenvalue weighted by atomic mass is 19.1. The minimum Gasteiger partial charge on any atom is -0.356 e. The highest BCUT2D eigenvalue weighted by Crippen LogP contribution is 2.52. The van der Waals surface area contributed by atoms with Crippen molar-refractivity contribution in [2.75, 3.05) is 6.54 Å². The highest BCUT2D eigenvalue weighted by molar-refractivity contribution is 5.90. The van der Waals surface area contributed by atoms with Crippen molar-refractivity contribution < 1.29 is 22.8 Å². The van der Waals surface area contributed by atoms with Crippen LogP contribution in [0.5, 0.6) is 0 Å². The van der Waals surface area contributed by atoms with Crippen molar-refractivity contribution in [2.45, 2.75) is 24.8 Å². The molecular formula is C26H23F3N2O2. The van der Waals surface area contributed by atoms with E-state index in [0.29, 0.717) is 17.7 Å². The van der Waals surface area contributed by atoms with Crippen LogP contribution < -0.4 is 10.6 Å². The number of carbonyl (C=O) groups excluding carboxylic acids is 2. The zero-order chi connectivity index (χ0) is 23.6. The van der Waals surface area contributed by atoms with E-state index in [0.717, 1.165) is 0 Å². The lowest BCUT2D eigenvalue weighted by molar-refractivity contribution is -0.128. The molecule has 4 rings (SSSR count). The smallest absolute Gasteiger partial charge is 0.225 e. The first-order valence-electron chi connectivity index (χ1n) is 10.7. The van der Waals surface area contributed by atoms with Gasteiger partial charge in [0, 0.05) is 18.9 Å². The van der Waals surface area contributed by atoms with Gasteiger partial charge in [-0.15, -0.1) is 0 Å². The zero-order valence-electron chi connectivity index (χ0n) is 17.9. The lowest BCUT2D eigenvalue weighted by Crippen LogP contribution is -2.43. The molecule has 2 atom stereocenters. The summed E-state index contributed by atoms with van der Waals surface area (Å²) >= 11 is 0. The number of halogens is 3. The third-order valence-electron chi connectivity index (χ3n) is 6.14. The van der Waals surface area contributed by atoms with Crippen molar-refractivity contribution in [3.63, 3.8) is 0 Å². The molecule has 3 aromatic carbocycles. The molecule has 0 aliphatic carbocycles. The Morgan fingerprint density at radius 3 is 1.97 bits per heavy atom. The first-order chi connectivity index (χ1) is 15.9. The molecule has 0 bridgehead atoms. The molecule has 1 fully saturated rings. The molecule has 7 heteroatoms. The molecule has 3 aromatic rings. The Bertz CT molecular complexity index is 1120. The molecule has 33 heavy (non-hydrogen) atoms. The summed E-state index contributed by atoms with van der Waals surface area (Å²) in [6, 6.07) is 17.1. The van der Waals surface area contributed by atoms with Crippen molar-refractivity contribution in [2.24, 2.45) is 5.92 Å². The summed E-state index contributed by atoms with van der Waals surface area (Å²) in [6.45, 7) is 2.15. The van der Waals surface area contributed by atoms with E-state index in [1.165, 1.54) is 54.6 Å². The number of carbonyl (C=O) groups is 2. The van der Waals surface area contributed by atoms with Crippen molar-refractivity contribution in [1.82, 2.24) is 10.6 Å². The Balaban J connectivity index is 1.99. The van der Waals surface area contributed by atoms with Crippen LogP contribution in [-0.2, 0) is 15.1 Å². The number of amides is 2. The minimum atomic E-state index is -1.35. The minimum absolute atomic E-state index is 0.164. The molecule has 1 aliphatic heterocycles. The first-order valence-corrected chi connectivity index (χ1v) is 10.7. The van der Waals surface area contributed by atoms with Crippen LogP contribution in [0, 0.1) is 23.4 Å². The summed E-state index contributed by atoms with van der Waals surface area (Å²) in [4.78, 5) is 25.8. The number of nitrogens with one attached hydrogen (secondary N) is 2. The summed E-state index contributed by atoms with van der Waals surface area (Å²) in [5, 5.41) is 5.67. The standard InChI is InChI=1S/C26H23F3N2O2/c1-2-30-23(32)15-21-24(20-5-3-4-6-22(20)29)26(31-25(21)33,16-7-11-18(27)12-8-16)17-9-13-19(28)14-10-17/h3-14,21,24H,2,15H2,1H3,(H,30,32)(H,31,33)/t21-,24?/m0/s1. The van der Waals surface area contributed by atoms with Crippen LogP contribution in [0.1, 0.15) is 36.0 Å². The van der Waals surface area contributed by atoms with E-state index >= 15 is 4.39 Å². The Morgan fingerprint density at radius 1 is 0.909 bits per heavy atom. The summed E-state index contributed by atoms with van der Waals surface area (Å²) < 4.78 is 42.8. The second kappa shape index (κ2) is 9.10. The van der Waals surface area contributed by atoms with Gasteiger partial charge in [-0.1, -0.05) is 42.5 Å². The van der Waals surface area contributed by atoms with E-state index in [1.807, 2.05) is 0 Å². The molecule has 1 heterocycles. The molecule has 2 N–H and O–H groups in total. The van der Waals surface area contributed by atoms with E-state index < -0.39 is 40.7 Å². The number of hydrogen-bond donors (Lipinski definition) is 2. The largest absolute Gasteiger partial charge is 0.356 e. The van der Waals surface area contributed by atoms with Gasteiger partial charge in [-0.2, -0.15) is 0 Å². The Morgan fingerprint density at radius 2 is 1.45 bits per heavy atom. The number of hydrogen-bond acceptors (Lipinski definition) is 2. The predicted molar refractivity (Wildman–Crippen MR) is 118 cm³/mol. The molecule has 0 saturated carbocycles. The van der Waals surface area contributed by atoms with E-state index in [1.54, 1.807) is 25.1 Å². The average Bonchev–Trinajstić information content (AvgIpc) is 3.08. The van der Waals surface area contributed by atoms with Gasteiger partial charge < -0.3 is 10.6 Å². The Labute approximate surface area is 189 Å². The van der Waals surface area contributed by atoms with Crippen molar-refractivity contribution in [1.29, 1.82) is 0 Å². The van der Waals surface area contributed by atoms with E-state index in [9.17, 15) is 18.4 Å². The number of rotatable bonds is 6. The average molecular weight is 452 g/mol. The molecular weight excluding hydrogens is 429 g/mol. The first kappa shape index (κ1) is 22.6. The number of benzene rings is 3. The monoisotopic (exact) mass is 452 g/mol. The molecule has 4 nitrogen and oxygen atoms in total. The maximum atomic E-state index is 15.2. The van der Waals surface area contributed by atoms with Crippen LogP contribution in [0.3, 0.4) is 0 Å². The van der Waals surface area contributed by atoms with Gasteiger partial charge in [-0.25, -0.2) is 13.2 Å². The Kier molecular flexibility index (Phi) is 6.22. The van der Waals surface area contributed by atoms with Gasteiger partial charge in [-0.3, -0.25) is 9.59 Å². The normalized spacial score (nSPS) is 19.2. The highest BCUT2D eigenvalue weighted by Gasteiger charge is 2.56. The third-order valence-corrected chi connectivity index (χ3v) is 6.14. The van der Waals surface area contributed by atoms with Gasteiger partial charge in [0.1, 0.15) is 17.5 Å². The maximum Gasteiger partial charge on any atom is 0.225 e. The van der Waals surface area contributed by atoms with Gasteiger partial charge >= 0.3 is 0 Å². The summed E-state index contributed by atoms with van der Waals surface area (Å²) in [5.74, 6) is -4.03. The maximum absolute atomic E-state index is 15.2. The third kappa shape index (κ3) is 4.11. The Hall–Kier alpha value is -3.61. The molecule has 1 aliphatic rings. The van der Waals surface area contributed by atoms with Gasteiger partial charge in [-0.05, 0) is 53.9 Å². The lowest BCUT2D eigenvalue weighted by Gasteiger charge is -2.38. The summed E-state index contributed by atoms with van der Waals surface area (Å²) in [7, 11) is 0. The van der Waals surface area contributed by atoms with Gasteiger partial charge in [0.05, 0.1) is 11.5 Å². The zero-order valence-corrected chi connectivity index (χ0v) is 17.9. The van der Waals surface area contributed by atoms with E-state index in [-0.39, 0.29) is 17.9 Å². The lowest BCUT2D eigenvalue weighted by atomic mass is 9.67. The SMILES string of the molecule is CCNC(=O)C[C@@H]1C(=O)NC(c2ccc(F)cc2)(c2ccc(F)cc2)C1c1ccccc1F. The van der Waals surface area contributed by atoms with Gasteiger partial charge in [0.15, 0.2) is 0 Å². The molecule has 0 spiro atoms. The van der Waals surface area contributed by atoms with Crippen LogP contribution in [0.25, 0.3) is 0 Å². The fraction of sp³-hybridized carbons (Fsp3) is 0.231. The van der Waals surface area contributed by atoms with Crippen LogP contribution in [-0.4, -0.2) is 18.4 Å². The van der Waals surface area contributed by atoms with E-state index in [2.05, 4.69) is 10.6 Å². The summed E-state index contributed by atoms with van der Waals surface area (Å²) in [6.07, 6.45) is -0.164. The summed E-state index contributed by atoms with van der Waals surface area (Å²) in [5.41, 5.74) is -0.123. The van der Waals surface area contributed by atoms with Crippen molar-refractivity contribution in [3.8, 4) is 0 Å². The topological polar surface area (TPSA) is 58.2 Å². The molecule has 0 aromatic heterocycles. The van der Waals surface area contributed by atoms with Crippen molar-refractivity contribution >= 4 is 11.8 Å². The fourth-order valence-corrected chi connectivity index (χ4v) is 4.77. The molecule has 2 amide bonds. The van der Waals surface area contributed by atoms with Crippen molar-refractivity contribution in [3.05, 3.63) is 107 Å². The van der Waals surface area contributed by atoms with E-state index in [4.69, 9.17) is 0 Å². The second-order valence-corrected chi connectivity index (χ2v) is 8.07.